The van der Waals surface area contributed by atoms with Gasteiger partial charge in [0, 0.05) is 11.5 Å². The summed E-state index contributed by atoms with van der Waals surface area (Å²) in [5.74, 6) is 1.37. The third-order valence-electron chi connectivity index (χ3n) is 2.78. The van der Waals surface area contributed by atoms with Gasteiger partial charge in [0.25, 0.3) is 0 Å². The molecule has 0 saturated heterocycles. The summed E-state index contributed by atoms with van der Waals surface area (Å²) in [7, 11) is 1.56. The Hall–Kier alpha value is -2.48. The second kappa shape index (κ2) is 8.23. The van der Waals surface area contributed by atoms with Gasteiger partial charge >= 0.3 is 0 Å². The van der Waals surface area contributed by atoms with Crippen LogP contribution in [0.25, 0.3) is 0 Å². The van der Waals surface area contributed by atoms with Gasteiger partial charge in [-0.05, 0) is 19.1 Å². The smallest absolute Gasteiger partial charge is 0.229 e. The summed E-state index contributed by atoms with van der Waals surface area (Å²) in [4.78, 5) is 26.9. The first kappa shape index (κ1) is 16.9. The molecule has 0 fully saturated rings. The van der Waals surface area contributed by atoms with E-state index >= 15 is 0 Å². The lowest BCUT2D eigenvalue weighted by atomic mass is 10.3. The molecule has 0 bridgehead atoms. The first-order valence-corrected chi connectivity index (χ1v) is 7.73. The summed E-state index contributed by atoms with van der Waals surface area (Å²) < 4.78 is 14.7. The highest BCUT2D eigenvalue weighted by molar-refractivity contribution is 7.09. The van der Waals surface area contributed by atoms with Gasteiger partial charge in [-0.1, -0.05) is 12.1 Å². The van der Waals surface area contributed by atoms with Crippen LogP contribution in [-0.2, 0) is 16.0 Å². The molecule has 122 valence electrons. The quantitative estimate of drug-likeness (QED) is 0.794. The number of nitrogens with one attached hydrogen (secondary N) is 1. The molecule has 2 aromatic rings. The summed E-state index contributed by atoms with van der Waals surface area (Å²) in [5.41, 5.74) is 0. The Kier molecular flexibility index (Phi) is 6.04. The fraction of sp³-hybridized carbons (Fsp3) is 0.333. The molecule has 1 heterocycles. The van der Waals surface area contributed by atoms with Crippen molar-refractivity contribution in [2.75, 3.05) is 19.0 Å². The molecule has 0 aliphatic rings. The van der Waals surface area contributed by atoms with Crippen LogP contribution in [-0.4, -0.2) is 34.8 Å². The van der Waals surface area contributed by atoms with Gasteiger partial charge in [-0.2, -0.15) is 4.37 Å². The van der Waals surface area contributed by atoms with E-state index in [1.54, 1.807) is 19.2 Å². The fourth-order valence-electron chi connectivity index (χ4n) is 1.77. The number of Topliss-reactive ketones (excluding diaryl/α,β-unsaturated/α-hetero) is 1. The van der Waals surface area contributed by atoms with Crippen LogP contribution in [0.3, 0.4) is 0 Å². The van der Waals surface area contributed by atoms with Crippen molar-refractivity contribution in [1.29, 1.82) is 0 Å². The molecule has 23 heavy (non-hydrogen) atoms. The van der Waals surface area contributed by atoms with Crippen molar-refractivity contribution in [2.24, 2.45) is 0 Å². The van der Waals surface area contributed by atoms with Crippen LogP contribution in [0.5, 0.6) is 11.5 Å². The van der Waals surface area contributed by atoms with Crippen LogP contribution in [0.2, 0.25) is 0 Å². The van der Waals surface area contributed by atoms with Gasteiger partial charge < -0.3 is 14.8 Å². The molecule has 2 rings (SSSR count). The number of rotatable bonds is 8. The van der Waals surface area contributed by atoms with Crippen molar-refractivity contribution in [3.05, 3.63) is 30.1 Å². The summed E-state index contributed by atoms with van der Waals surface area (Å²) in [6.45, 7) is 1.68. The molecule has 8 heteroatoms. The topological polar surface area (TPSA) is 90.4 Å². The van der Waals surface area contributed by atoms with E-state index in [-0.39, 0.29) is 31.1 Å². The van der Waals surface area contributed by atoms with Gasteiger partial charge in [-0.3, -0.25) is 9.59 Å². The standard InChI is InChI=1S/C15H17N3O4S/c1-10(19)9-13-16-15(23-18-13)17-14(20)7-8-22-12-6-4-3-5-11(12)21-2/h3-6H,7-9H2,1-2H3,(H,16,17,18,20). The molecule has 7 nitrogen and oxygen atoms in total. The molecule has 0 aliphatic heterocycles. The Balaban J connectivity index is 1.79. The zero-order valence-corrected chi connectivity index (χ0v) is 13.7. The minimum Gasteiger partial charge on any atom is -0.493 e. The average Bonchev–Trinajstić information content (AvgIpc) is 2.93. The number of anilines is 1. The van der Waals surface area contributed by atoms with Crippen LogP contribution in [0.1, 0.15) is 19.2 Å². The lowest BCUT2D eigenvalue weighted by molar-refractivity contribution is -0.117. The van der Waals surface area contributed by atoms with E-state index in [1.165, 1.54) is 6.92 Å². The minimum absolute atomic E-state index is 0.0223. The van der Waals surface area contributed by atoms with E-state index in [0.717, 1.165) is 11.5 Å². The average molecular weight is 335 g/mol. The zero-order chi connectivity index (χ0) is 16.7. The molecule has 0 unspecified atom stereocenters. The number of ether oxygens (including phenoxy) is 2. The minimum atomic E-state index is -0.231. The van der Waals surface area contributed by atoms with Crippen molar-refractivity contribution < 1.29 is 19.1 Å². The van der Waals surface area contributed by atoms with Crippen LogP contribution in [0.15, 0.2) is 24.3 Å². The molecule has 1 amide bonds. The Morgan fingerprint density at radius 3 is 2.70 bits per heavy atom. The van der Waals surface area contributed by atoms with E-state index in [4.69, 9.17) is 9.47 Å². The Labute approximate surface area is 137 Å². The highest BCUT2D eigenvalue weighted by Gasteiger charge is 2.10. The van der Waals surface area contributed by atoms with Crippen molar-refractivity contribution in [2.45, 2.75) is 19.8 Å². The Bertz CT molecular complexity index is 687. The third kappa shape index (κ3) is 5.33. The van der Waals surface area contributed by atoms with Crippen LogP contribution >= 0.6 is 11.5 Å². The number of carbonyl (C=O) groups excluding carboxylic acids is 2. The maximum absolute atomic E-state index is 11.8. The van der Waals surface area contributed by atoms with Crippen LogP contribution < -0.4 is 14.8 Å². The lowest BCUT2D eigenvalue weighted by Gasteiger charge is -2.09. The molecule has 0 atom stereocenters. The van der Waals surface area contributed by atoms with Gasteiger partial charge in [0.1, 0.15) is 5.78 Å². The molecule has 1 N–H and O–H groups in total. The molecular weight excluding hydrogens is 318 g/mol. The highest BCUT2D eigenvalue weighted by Crippen LogP contribution is 2.25. The van der Waals surface area contributed by atoms with E-state index < -0.39 is 0 Å². The molecule has 0 spiro atoms. The first-order valence-electron chi connectivity index (χ1n) is 6.96. The largest absolute Gasteiger partial charge is 0.493 e. The zero-order valence-electron chi connectivity index (χ0n) is 12.9. The maximum atomic E-state index is 11.8. The summed E-state index contributed by atoms with van der Waals surface area (Å²) in [6.07, 6.45) is 0.336. The predicted octanol–water partition coefficient (Wildman–Crippen LogP) is 2.09. The number of hydrogen-bond donors (Lipinski definition) is 1. The molecule has 1 aromatic carbocycles. The van der Waals surface area contributed by atoms with E-state index in [9.17, 15) is 9.59 Å². The van der Waals surface area contributed by atoms with Crippen LogP contribution in [0, 0.1) is 0 Å². The fourth-order valence-corrected chi connectivity index (χ4v) is 2.38. The number of methoxy groups -OCH3 is 1. The maximum Gasteiger partial charge on any atom is 0.229 e. The van der Waals surface area contributed by atoms with Crippen molar-refractivity contribution in [3.8, 4) is 11.5 Å². The lowest BCUT2D eigenvalue weighted by Crippen LogP contribution is -2.15. The molecular formula is C15H17N3O4S. The Morgan fingerprint density at radius 1 is 1.26 bits per heavy atom. The van der Waals surface area contributed by atoms with Crippen molar-refractivity contribution in [3.63, 3.8) is 0 Å². The van der Waals surface area contributed by atoms with Gasteiger partial charge in [-0.25, -0.2) is 4.98 Å². The van der Waals surface area contributed by atoms with Crippen molar-refractivity contribution >= 4 is 28.4 Å². The summed E-state index contributed by atoms with van der Waals surface area (Å²) in [6, 6.07) is 7.23. The van der Waals surface area contributed by atoms with E-state index in [1.807, 2.05) is 12.1 Å². The molecule has 0 radical (unpaired) electrons. The number of amides is 1. The van der Waals surface area contributed by atoms with Crippen LogP contribution in [0.4, 0.5) is 5.13 Å². The second-order valence-corrected chi connectivity index (χ2v) is 5.44. The number of ketones is 1. The third-order valence-corrected chi connectivity index (χ3v) is 3.45. The first-order chi connectivity index (χ1) is 11.1. The number of nitrogens with zero attached hydrogens (tertiary/aromatic N) is 2. The van der Waals surface area contributed by atoms with E-state index in [2.05, 4.69) is 14.7 Å². The monoisotopic (exact) mass is 335 g/mol. The number of carbonyl (C=O) groups is 2. The number of para-hydroxylation sites is 2. The summed E-state index contributed by atoms with van der Waals surface area (Å²) in [5, 5.41) is 3.01. The molecule has 0 saturated carbocycles. The second-order valence-electron chi connectivity index (χ2n) is 4.69. The van der Waals surface area contributed by atoms with Crippen molar-refractivity contribution in [1.82, 2.24) is 9.36 Å². The van der Waals surface area contributed by atoms with Gasteiger partial charge in [-0.15, -0.1) is 0 Å². The normalized spacial score (nSPS) is 10.2. The number of aromatic nitrogens is 2. The molecule has 0 aliphatic carbocycles. The van der Waals surface area contributed by atoms with Gasteiger partial charge in [0.15, 0.2) is 17.3 Å². The highest BCUT2D eigenvalue weighted by atomic mass is 32.1. The predicted molar refractivity (Wildman–Crippen MR) is 86.0 cm³/mol. The Morgan fingerprint density at radius 2 is 2.00 bits per heavy atom. The summed E-state index contributed by atoms with van der Waals surface area (Å²) >= 11 is 1.05. The van der Waals surface area contributed by atoms with Gasteiger partial charge in [0.2, 0.25) is 11.0 Å². The number of benzene rings is 1. The number of hydrogen-bond acceptors (Lipinski definition) is 7. The SMILES string of the molecule is COc1ccccc1OCCC(=O)Nc1nc(CC(C)=O)ns1. The van der Waals surface area contributed by atoms with E-state index in [0.29, 0.717) is 22.5 Å². The molecule has 1 aromatic heterocycles. The van der Waals surface area contributed by atoms with Gasteiger partial charge in [0.05, 0.1) is 26.6 Å².